The number of halogens is 1. The van der Waals surface area contributed by atoms with Crippen LogP contribution >= 0.6 is 15.9 Å². The Hall–Kier alpha value is -0.910. The Morgan fingerprint density at radius 3 is 2.47 bits per heavy atom. The van der Waals surface area contributed by atoms with Gasteiger partial charge in [0.15, 0.2) is 0 Å². The molecule has 0 amide bonds. The van der Waals surface area contributed by atoms with Crippen LogP contribution in [0.4, 0.5) is 0 Å². The molecule has 4 N–H and O–H groups in total. The lowest BCUT2D eigenvalue weighted by atomic mass is 9.94. The molecule has 0 aliphatic heterocycles. The molecule has 0 aliphatic carbocycles. The lowest BCUT2D eigenvalue weighted by molar-refractivity contribution is -0.144. The maximum atomic E-state index is 11.0. The first-order chi connectivity index (χ1) is 6.98. The van der Waals surface area contributed by atoms with E-state index >= 15 is 0 Å². The summed E-state index contributed by atoms with van der Waals surface area (Å²) in [5.41, 5.74) is 2.12. The third-order valence-corrected chi connectivity index (χ3v) is 2.79. The smallest absolute Gasteiger partial charge is 0.325 e. The maximum absolute atomic E-state index is 11.0. The molecular weight excluding hydrogens is 260 g/mol. The Morgan fingerprint density at radius 2 is 2.07 bits per heavy atom. The van der Waals surface area contributed by atoms with Gasteiger partial charge in [-0.05, 0) is 24.6 Å². The zero-order chi connectivity index (χ0) is 11.5. The summed E-state index contributed by atoms with van der Waals surface area (Å²) >= 11 is 3.31. The van der Waals surface area contributed by atoms with E-state index in [2.05, 4.69) is 21.4 Å². The number of rotatable bonds is 4. The fraction of sp³-hybridized carbons (Fsp3) is 0.300. The highest BCUT2D eigenvalue weighted by Gasteiger charge is 2.31. The molecule has 0 fully saturated rings. The molecule has 0 bridgehead atoms. The van der Waals surface area contributed by atoms with Gasteiger partial charge in [0.2, 0.25) is 0 Å². The highest BCUT2D eigenvalue weighted by Crippen LogP contribution is 2.16. The molecule has 1 rings (SSSR count). The summed E-state index contributed by atoms with van der Waals surface area (Å²) in [7, 11) is 0. The van der Waals surface area contributed by atoms with Crippen molar-refractivity contribution in [1.29, 1.82) is 0 Å². The van der Waals surface area contributed by atoms with Crippen LogP contribution in [-0.2, 0) is 11.2 Å². The minimum Gasteiger partial charge on any atom is -0.480 e. The van der Waals surface area contributed by atoms with Crippen LogP contribution in [0.3, 0.4) is 0 Å². The monoisotopic (exact) mass is 272 g/mol. The SMILES string of the molecule is CC(Cc1ccc(Br)cc1)(NN)C(=O)O. The molecule has 0 aromatic heterocycles. The summed E-state index contributed by atoms with van der Waals surface area (Å²) in [6.07, 6.45) is 0.339. The number of carboxylic acids is 1. The van der Waals surface area contributed by atoms with Crippen molar-refractivity contribution in [3.63, 3.8) is 0 Å². The van der Waals surface area contributed by atoms with Gasteiger partial charge in [0.25, 0.3) is 0 Å². The molecule has 1 atom stereocenters. The first kappa shape index (κ1) is 12.2. The van der Waals surface area contributed by atoms with E-state index in [1.165, 1.54) is 0 Å². The van der Waals surface area contributed by atoms with Crippen molar-refractivity contribution in [2.24, 2.45) is 5.84 Å². The Labute approximate surface area is 96.6 Å². The molecule has 0 heterocycles. The van der Waals surface area contributed by atoms with Crippen LogP contribution in [0.25, 0.3) is 0 Å². The van der Waals surface area contributed by atoms with Gasteiger partial charge in [-0.15, -0.1) is 0 Å². The Morgan fingerprint density at radius 1 is 1.53 bits per heavy atom. The molecule has 15 heavy (non-hydrogen) atoms. The first-order valence-electron chi connectivity index (χ1n) is 4.43. The third kappa shape index (κ3) is 3.02. The standard InChI is InChI=1S/C10H13BrN2O2/c1-10(13-12,9(14)15)6-7-2-4-8(11)5-3-7/h2-5,13H,6,12H2,1H3,(H,14,15). The molecule has 0 saturated heterocycles. The van der Waals surface area contributed by atoms with Gasteiger partial charge in [-0.3, -0.25) is 10.6 Å². The van der Waals surface area contributed by atoms with Crippen molar-refractivity contribution in [3.05, 3.63) is 34.3 Å². The fourth-order valence-corrected chi connectivity index (χ4v) is 1.46. The minimum absolute atomic E-state index is 0.339. The first-order valence-corrected chi connectivity index (χ1v) is 5.23. The zero-order valence-electron chi connectivity index (χ0n) is 8.33. The van der Waals surface area contributed by atoms with E-state index in [-0.39, 0.29) is 0 Å². The van der Waals surface area contributed by atoms with Crippen LogP contribution in [0.1, 0.15) is 12.5 Å². The maximum Gasteiger partial charge on any atom is 0.325 e. The van der Waals surface area contributed by atoms with Gasteiger partial charge in [-0.1, -0.05) is 28.1 Å². The van der Waals surface area contributed by atoms with E-state index in [9.17, 15) is 4.79 Å². The lowest BCUT2D eigenvalue weighted by Crippen LogP contribution is -2.54. The molecule has 82 valence electrons. The van der Waals surface area contributed by atoms with Gasteiger partial charge < -0.3 is 5.11 Å². The predicted octanol–water partition coefficient (Wildman–Crippen LogP) is 1.30. The second kappa shape index (κ2) is 4.74. The summed E-state index contributed by atoms with van der Waals surface area (Å²) in [5, 5.41) is 9.00. The van der Waals surface area contributed by atoms with E-state index in [1.54, 1.807) is 6.92 Å². The van der Waals surface area contributed by atoms with Gasteiger partial charge in [-0.25, -0.2) is 5.43 Å². The van der Waals surface area contributed by atoms with Gasteiger partial charge in [-0.2, -0.15) is 0 Å². The molecule has 1 unspecified atom stereocenters. The van der Waals surface area contributed by atoms with Crippen LogP contribution in [0.15, 0.2) is 28.7 Å². The molecule has 1 aromatic rings. The van der Waals surface area contributed by atoms with Crippen LogP contribution < -0.4 is 11.3 Å². The molecular formula is C10H13BrN2O2. The van der Waals surface area contributed by atoms with Crippen molar-refractivity contribution in [3.8, 4) is 0 Å². The number of benzene rings is 1. The number of nitrogens with one attached hydrogen (secondary N) is 1. The fourth-order valence-electron chi connectivity index (χ4n) is 1.20. The lowest BCUT2D eigenvalue weighted by Gasteiger charge is -2.23. The molecule has 0 saturated carbocycles. The number of carbonyl (C=O) groups is 1. The summed E-state index contributed by atoms with van der Waals surface area (Å²) in [5.74, 6) is 4.28. The van der Waals surface area contributed by atoms with Gasteiger partial charge in [0.05, 0.1) is 0 Å². The van der Waals surface area contributed by atoms with Crippen LogP contribution in [0.2, 0.25) is 0 Å². The van der Waals surface area contributed by atoms with Crippen LogP contribution in [0.5, 0.6) is 0 Å². The predicted molar refractivity (Wildman–Crippen MR) is 61.2 cm³/mol. The molecule has 5 heteroatoms. The van der Waals surface area contributed by atoms with Gasteiger partial charge in [0.1, 0.15) is 5.54 Å². The molecule has 0 aliphatic rings. The van der Waals surface area contributed by atoms with Gasteiger partial charge >= 0.3 is 5.97 Å². The normalized spacial score (nSPS) is 14.6. The highest BCUT2D eigenvalue weighted by atomic mass is 79.9. The van der Waals surface area contributed by atoms with E-state index in [0.717, 1.165) is 10.0 Å². The summed E-state index contributed by atoms with van der Waals surface area (Å²) in [4.78, 5) is 11.0. The Bertz CT molecular complexity index is 353. The van der Waals surface area contributed by atoms with E-state index in [1.807, 2.05) is 24.3 Å². The largest absolute Gasteiger partial charge is 0.480 e. The van der Waals surface area contributed by atoms with Crippen molar-refractivity contribution in [2.75, 3.05) is 0 Å². The molecule has 0 radical (unpaired) electrons. The average molecular weight is 273 g/mol. The van der Waals surface area contributed by atoms with Crippen molar-refractivity contribution in [1.82, 2.24) is 5.43 Å². The highest BCUT2D eigenvalue weighted by molar-refractivity contribution is 9.10. The number of hydrogen-bond donors (Lipinski definition) is 3. The number of nitrogens with two attached hydrogens (primary N) is 1. The third-order valence-electron chi connectivity index (χ3n) is 2.26. The van der Waals surface area contributed by atoms with E-state index < -0.39 is 11.5 Å². The Kier molecular flexibility index (Phi) is 3.84. The number of carboxylic acid groups (broad SMARTS) is 1. The van der Waals surface area contributed by atoms with Crippen LogP contribution in [0, 0.1) is 0 Å². The molecule has 1 aromatic carbocycles. The van der Waals surface area contributed by atoms with Crippen molar-refractivity contribution in [2.45, 2.75) is 18.9 Å². The van der Waals surface area contributed by atoms with E-state index in [0.29, 0.717) is 6.42 Å². The quantitative estimate of drug-likeness (QED) is 0.571. The zero-order valence-corrected chi connectivity index (χ0v) is 9.91. The number of hydrogen-bond acceptors (Lipinski definition) is 3. The second-order valence-corrected chi connectivity index (χ2v) is 4.50. The van der Waals surface area contributed by atoms with Crippen LogP contribution in [-0.4, -0.2) is 16.6 Å². The van der Waals surface area contributed by atoms with Crippen molar-refractivity contribution < 1.29 is 9.90 Å². The summed E-state index contributed by atoms with van der Waals surface area (Å²) in [6, 6.07) is 7.47. The van der Waals surface area contributed by atoms with Crippen molar-refractivity contribution >= 4 is 21.9 Å². The summed E-state index contributed by atoms with van der Waals surface area (Å²) < 4.78 is 0.962. The second-order valence-electron chi connectivity index (χ2n) is 3.58. The molecule has 0 spiro atoms. The summed E-state index contributed by atoms with van der Waals surface area (Å²) in [6.45, 7) is 1.55. The Balaban J connectivity index is 2.84. The van der Waals surface area contributed by atoms with E-state index in [4.69, 9.17) is 10.9 Å². The van der Waals surface area contributed by atoms with Gasteiger partial charge in [0, 0.05) is 10.9 Å². The topological polar surface area (TPSA) is 75.3 Å². The number of aliphatic carboxylic acids is 1. The average Bonchev–Trinajstić information content (AvgIpc) is 2.21. The number of hydrazine groups is 1. The minimum atomic E-state index is -1.13. The molecule has 4 nitrogen and oxygen atoms in total.